The van der Waals surface area contributed by atoms with Crippen LogP contribution >= 0.6 is 11.8 Å². The highest BCUT2D eigenvalue weighted by Crippen LogP contribution is 2.44. The summed E-state index contributed by atoms with van der Waals surface area (Å²) in [5, 5.41) is 9.99. The fourth-order valence-electron chi connectivity index (χ4n) is 1.98. The third-order valence-electron chi connectivity index (χ3n) is 3.13. The second kappa shape index (κ2) is 4.78. The molecule has 1 aliphatic rings. The van der Waals surface area contributed by atoms with Crippen LogP contribution in [0, 0.1) is 0 Å². The number of methoxy groups -OCH3 is 2. The number of aliphatic hydroxyl groups is 1. The summed E-state index contributed by atoms with van der Waals surface area (Å²) >= 11 is 1.62. The van der Waals surface area contributed by atoms with Gasteiger partial charge in [-0.15, -0.1) is 11.8 Å². The number of thioether (sulfide) groups is 1. The second-order valence-corrected chi connectivity index (χ2v) is 5.24. The van der Waals surface area contributed by atoms with E-state index in [1.54, 1.807) is 26.0 Å². The highest BCUT2D eigenvalue weighted by atomic mass is 32.2. The van der Waals surface area contributed by atoms with Gasteiger partial charge in [-0.1, -0.05) is 6.07 Å². The molecule has 1 N–H and O–H groups in total. The standard InChI is InChI=1S/C13H18O3S/c1-15-11-9(8-13(14)6-7-13)4-5-10(17-3)12(11)16-2/h4-5,14H,6-8H2,1-3H3. The fraction of sp³-hybridized carbons (Fsp3) is 0.538. The summed E-state index contributed by atoms with van der Waals surface area (Å²) in [5.41, 5.74) is 0.501. The molecule has 0 amide bonds. The predicted octanol–water partition coefficient (Wildman–Crippen LogP) is 2.49. The molecule has 4 heteroatoms. The molecule has 3 nitrogen and oxygen atoms in total. The fourth-order valence-corrected chi connectivity index (χ4v) is 2.54. The average Bonchev–Trinajstić information content (AvgIpc) is 3.06. The van der Waals surface area contributed by atoms with Gasteiger partial charge in [0.25, 0.3) is 0 Å². The van der Waals surface area contributed by atoms with E-state index in [2.05, 4.69) is 0 Å². The molecule has 0 atom stereocenters. The maximum atomic E-state index is 9.99. The molecule has 0 aromatic heterocycles. The Labute approximate surface area is 106 Å². The van der Waals surface area contributed by atoms with Gasteiger partial charge in [-0.2, -0.15) is 0 Å². The van der Waals surface area contributed by atoms with Crippen molar-refractivity contribution in [1.82, 2.24) is 0 Å². The van der Waals surface area contributed by atoms with Crippen molar-refractivity contribution in [3.05, 3.63) is 17.7 Å². The molecule has 0 heterocycles. The average molecular weight is 254 g/mol. The van der Waals surface area contributed by atoms with Crippen LogP contribution in [0.25, 0.3) is 0 Å². The number of benzene rings is 1. The number of ether oxygens (including phenoxy) is 2. The first-order valence-corrected chi connectivity index (χ1v) is 6.86. The van der Waals surface area contributed by atoms with Crippen molar-refractivity contribution in [2.45, 2.75) is 29.8 Å². The van der Waals surface area contributed by atoms with E-state index in [0.29, 0.717) is 6.42 Å². The lowest BCUT2D eigenvalue weighted by molar-refractivity contribution is 0.149. The SMILES string of the molecule is COc1c(CC2(O)CC2)ccc(SC)c1OC. The van der Waals surface area contributed by atoms with Crippen LogP contribution in [0.1, 0.15) is 18.4 Å². The van der Waals surface area contributed by atoms with Crippen LogP contribution in [0.3, 0.4) is 0 Å². The van der Waals surface area contributed by atoms with Crippen molar-refractivity contribution in [3.8, 4) is 11.5 Å². The molecule has 0 unspecified atom stereocenters. The maximum Gasteiger partial charge on any atom is 0.174 e. The minimum absolute atomic E-state index is 0.515. The molecule has 2 rings (SSSR count). The topological polar surface area (TPSA) is 38.7 Å². The zero-order chi connectivity index (χ0) is 12.5. The van der Waals surface area contributed by atoms with E-state index in [1.165, 1.54) is 0 Å². The Balaban J connectivity index is 2.38. The van der Waals surface area contributed by atoms with Gasteiger partial charge < -0.3 is 14.6 Å². The number of hydrogen-bond donors (Lipinski definition) is 1. The summed E-state index contributed by atoms with van der Waals surface area (Å²) in [4.78, 5) is 1.05. The molecule has 0 saturated heterocycles. The summed E-state index contributed by atoms with van der Waals surface area (Å²) in [7, 11) is 3.29. The highest BCUT2D eigenvalue weighted by molar-refractivity contribution is 7.98. The Morgan fingerprint density at radius 1 is 1.24 bits per heavy atom. The summed E-state index contributed by atoms with van der Waals surface area (Å²) in [6, 6.07) is 4.04. The second-order valence-electron chi connectivity index (χ2n) is 4.39. The molecule has 1 fully saturated rings. The van der Waals surface area contributed by atoms with Crippen LogP contribution < -0.4 is 9.47 Å². The van der Waals surface area contributed by atoms with Crippen molar-refractivity contribution in [3.63, 3.8) is 0 Å². The number of hydrogen-bond acceptors (Lipinski definition) is 4. The zero-order valence-corrected chi connectivity index (χ0v) is 11.3. The van der Waals surface area contributed by atoms with E-state index in [0.717, 1.165) is 34.8 Å². The summed E-state index contributed by atoms with van der Waals surface area (Å²) in [5.74, 6) is 1.52. The van der Waals surface area contributed by atoms with Crippen LogP contribution in [0.2, 0.25) is 0 Å². The van der Waals surface area contributed by atoms with E-state index in [1.807, 2.05) is 18.4 Å². The first kappa shape index (κ1) is 12.6. The van der Waals surface area contributed by atoms with Gasteiger partial charge in [0.05, 0.1) is 24.7 Å². The summed E-state index contributed by atoms with van der Waals surface area (Å²) < 4.78 is 10.8. The number of rotatable bonds is 5. The van der Waals surface area contributed by atoms with Gasteiger partial charge >= 0.3 is 0 Å². The molecule has 0 spiro atoms. The van der Waals surface area contributed by atoms with Gasteiger partial charge in [0.1, 0.15) is 0 Å². The van der Waals surface area contributed by atoms with E-state index in [-0.39, 0.29) is 0 Å². The normalized spacial score (nSPS) is 16.7. The van der Waals surface area contributed by atoms with Crippen molar-refractivity contribution in [2.75, 3.05) is 20.5 Å². The first-order chi connectivity index (χ1) is 8.13. The Morgan fingerprint density at radius 2 is 1.88 bits per heavy atom. The van der Waals surface area contributed by atoms with Gasteiger partial charge in [-0.3, -0.25) is 0 Å². The molecule has 1 aliphatic carbocycles. The van der Waals surface area contributed by atoms with Crippen LogP contribution in [-0.4, -0.2) is 31.2 Å². The van der Waals surface area contributed by atoms with E-state index in [9.17, 15) is 5.11 Å². The molecule has 1 aromatic carbocycles. The molecule has 94 valence electrons. The van der Waals surface area contributed by atoms with Crippen LogP contribution in [0.5, 0.6) is 11.5 Å². The van der Waals surface area contributed by atoms with Crippen molar-refractivity contribution >= 4 is 11.8 Å². The van der Waals surface area contributed by atoms with Crippen molar-refractivity contribution in [2.24, 2.45) is 0 Å². The monoisotopic (exact) mass is 254 g/mol. The quantitative estimate of drug-likeness (QED) is 0.819. The van der Waals surface area contributed by atoms with E-state index < -0.39 is 5.60 Å². The van der Waals surface area contributed by atoms with Crippen molar-refractivity contribution in [1.29, 1.82) is 0 Å². The Hall–Kier alpha value is -0.870. The van der Waals surface area contributed by atoms with Crippen LogP contribution in [-0.2, 0) is 6.42 Å². The van der Waals surface area contributed by atoms with Crippen LogP contribution in [0.4, 0.5) is 0 Å². The largest absolute Gasteiger partial charge is 0.493 e. The Morgan fingerprint density at radius 3 is 2.35 bits per heavy atom. The lowest BCUT2D eigenvalue weighted by Crippen LogP contribution is -2.12. The predicted molar refractivity (Wildman–Crippen MR) is 69.2 cm³/mol. The van der Waals surface area contributed by atoms with Crippen LogP contribution in [0.15, 0.2) is 17.0 Å². The molecule has 17 heavy (non-hydrogen) atoms. The molecule has 1 saturated carbocycles. The van der Waals surface area contributed by atoms with Gasteiger partial charge in [-0.25, -0.2) is 0 Å². The van der Waals surface area contributed by atoms with Gasteiger partial charge in [-0.05, 0) is 25.2 Å². The van der Waals surface area contributed by atoms with Gasteiger partial charge in [0.15, 0.2) is 11.5 Å². The third-order valence-corrected chi connectivity index (χ3v) is 3.89. The molecule has 0 radical (unpaired) electrons. The van der Waals surface area contributed by atoms with E-state index >= 15 is 0 Å². The van der Waals surface area contributed by atoms with Gasteiger partial charge in [0, 0.05) is 12.0 Å². The molecule has 0 bridgehead atoms. The summed E-state index contributed by atoms with van der Waals surface area (Å²) in [6.45, 7) is 0. The van der Waals surface area contributed by atoms with Gasteiger partial charge in [0.2, 0.25) is 0 Å². The highest BCUT2D eigenvalue weighted by Gasteiger charge is 2.41. The maximum absolute atomic E-state index is 9.99. The first-order valence-electron chi connectivity index (χ1n) is 5.64. The zero-order valence-electron chi connectivity index (χ0n) is 10.4. The summed E-state index contributed by atoms with van der Waals surface area (Å²) in [6.07, 6.45) is 4.40. The lowest BCUT2D eigenvalue weighted by atomic mass is 10.0. The molecular formula is C13H18O3S. The van der Waals surface area contributed by atoms with E-state index in [4.69, 9.17) is 9.47 Å². The molecule has 0 aliphatic heterocycles. The minimum Gasteiger partial charge on any atom is -0.493 e. The Bertz CT molecular complexity index is 413. The molecule has 1 aromatic rings. The third kappa shape index (κ3) is 2.53. The minimum atomic E-state index is -0.515. The smallest absolute Gasteiger partial charge is 0.174 e. The Kier molecular flexibility index (Phi) is 3.54. The molecular weight excluding hydrogens is 236 g/mol. The lowest BCUT2D eigenvalue weighted by Gasteiger charge is -2.17. The van der Waals surface area contributed by atoms with Crippen molar-refractivity contribution < 1.29 is 14.6 Å².